The Morgan fingerprint density at radius 3 is 2.14 bits per heavy atom. The number of rotatable bonds is 5. The van der Waals surface area contributed by atoms with Crippen LogP contribution in [0.5, 0.6) is 0 Å². The van der Waals surface area contributed by atoms with Gasteiger partial charge in [0, 0.05) is 23.7 Å². The summed E-state index contributed by atoms with van der Waals surface area (Å²) in [6.45, 7) is 0.287. The molecule has 2 amide bonds. The SMILES string of the molecule is O=C(NCC1(O)CCCC1)c1ccc(C(=O)NC2CC2)cc1. The van der Waals surface area contributed by atoms with Crippen molar-refractivity contribution in [1.29, 1.82) is 0 Å². The Balaban J connectivity index is 1.54. The Labute approximate surface area is 130 Å². The standard InChI is InChI=1S/C17H22N2O3/c20-15(18-11-17(22)9-1-2-10-17)12-3-5-13(6-4-12)16(21)19-14-7-8-14/h3-6,14,22H,1-2,7-11H2,(H,18,20)(H,19,21). The minimum absolute atomic E-state index is 0.0882. The van der Waals surface area contributed by atoms with E-state index in [0.717, 1.165) is 38.5 Å². The van der Waals surface area contributed by atoms with Gasteiger partial charge in [0.15, 0.2) is 0 Å². The van der Waals surface area contributed by atoms with Gasteiger partial charge in [0.25, 0.3) is 11.8 Å². The molecule has 1 aromatic carbocycles. The van der Waals surface area contributed by atoms with E-state index in [1.54, 1.807) is 24.3 Å². The molecule has 0 atom stereocenters. The Kier molecular flexibility index (Phi) is 4.16. The molecule has 22 heavy (non-hydrogen) atoms. The third-order valence-electron chi connectivity index (χ3n) is 4.43. The minimum atomic E-state index is -0.750. The molecule has 0 unspecified atom stereocenters. The lowest BCUT2D eigenvalue weighted by atomic mass is 10.0. The number of aliphatic hydroxyl groups is 1. The van der Waals surface area contributed by atoms with Gasteiger partial charge in [-0.1, -0.05) is 12.8 Å². The smallest absolute Gasteiger partial charge is 0.251 e. The molecule has 2 aliphatic carbocycles. The first-order valence-electron chi connectivity index (χ1n) is 7.97. The van der Waals surface area contributed by atoms with Gasteiger partial charge in [0.2, 0.25) is 0 Å². The van der Waals surface area contributed by atoms with E-state index in [1.165, 1.54) is 0 Å². The molecule has 2 saturated carbocycles. The summed E-state index contributed by atoms with van der Waals surface area (Å²) >= 11 is 0. The number of hydrogen-bond acceptors (Lipinski definition) is 3. The Hall–Kier alpha value is -1.88. The second kappa shape index (κ2) is 6.08. The largest absolute Gasteiger partial charge is 0.388 e. The highest BCUT2D eigenvalue weighted by Gasteiger charge is 2.31. The van der Waals surface area contributed by atoms with Crippen molar-refractivity contribution in [1.82, 2.24) is 10.6 Å². The molecule has 0 heterocycles. The summed E-state index contributed by atoms with van der Waals surface area (Å²) in [6.07, 6.45) is 5.61. The van der Waals surface area contributed by atoms with Crippen molar-refractivity contribution in [3.63, 3.8) is 0 Å². The van der Waals surface area contributed by atoms with E-state index in [2.05, 4.69) is 10.6 Å². The zero-order valence-electron chi connectivity index (χ0n) is 12.6. The second-order valence-electron chi connectivity index (χ2n) is 6.44. The van der Waals surface area contributed by atoms with Crippen LogP contribution in [0.3, 0.4) is 0 Å². The molecule has 0 aromatic heterocycles. The van der Waals surface area contributed by atoms with Crippen LogP contribution < -0.4 is 10.6 Å². The zero-order valence-corrected chi connectivity index (χ0v) is 12.6. The normalized spacial score (nSPS) is 19.7. The molecule has 118 valence electrons. The molecular weight excluding hydrogens is 280 g/mol. The number of amides is 2. The van der Waals surface area contributed by atoms with E-state index in [9.17, 15) is 14.7 Å². The Morgan fingerprint density at radius 1 is 1.05 bits per heavy atom. The van der Waals surface area contributed by atoms with E-state index < -0.39 is 5.60 Å². The molecule has 5 nitrogen and oxygen atoms in total. The van der Waals surface area contributed by atoms with E-state index >= 15 is 0 Å². The van der Waals surface area contributed by atoms with Gasteiger partial charge in [0.05, 0.1) is 5.60 Å². The van der Waals surface area contributed by atoms with Crippen LogP contribution in [-0.2, 0) is 0 Å². The third kappa shape index (κ3) is 3.65. The van der Waals surface area contributed by atoms with Gasteiger partial charge in [-0.05, 0) is 49.9 Å². The molecule has 0 bridgehead atoms. The van der Waals surface area contributed by atoms with Crippen molar-refractivity contribution in [3.05, 3.63) is 35.4 Å². The Morgan fingerprint density at radius 2 is 1.59 bits per heavy atom. The first kappa shape index (κ1) is 15.0. The number of carbonyl (C=O) groups is 2. The lowest BCUT2D eigenvalue weighted by Gasteiger charge is -2.22. The predicted molar refractivity (Wildman–Crippen MR) is 82.7 cm³/mol. The first-order valence-corrected chi connectivity index (χ1v) is 7.97. The maximum absolute atomic E-state index is 12.1. The monoisotopic (exact) mass is 302 g/mol. The van der Waals surface area contributed by atoms with Crippen LogP contribution >= 0.6 is 0 Å². The summed E-state index contributed by atoms with van der Waals surface area (Å²) in [5, 5.41) is 15.9. The van der Waals surface area contributed by atoms with Gasteiger partial charge in [-0.15, -0.1) is 0 Å². The van der Waals surface area contributed by atoms with Crippen LogP contribution in [0.2, 0.25) is 0 Å². The van der Waals surface area contributed by atoms with Crippen LogP contribution in [0.15, 0.2) is 24.3 Å². The quantitative estimate of drug-likeness (QED) is 0.773. The number of hydrogen-bond donors (Lipinski definition) is 3. The van der Waals surface area contributed by atoms with E-state index in [-0.39, 0.29) is 18.4 Å². The van der Waals surface area contributed by atoms with Gasteiger partial charge in [-0.25, -0.2) is 0 Å². The summed E-state index contributed by atoms with van der Waals surface area (Å²) in [7, 11) is 0. The summed E-state index contributed by atoms with van der Waals surface area (Å²) in [6, 6.07) is 6.95. The molecular formula is C17H22N2O3. The van der Waals surface area contributed by atoms with Gasteiger partial charge >= 0.3 is 0 Å². The average Bonchev–Trinajstić information content (AvgIpc) is 3.24. The number of benzene rings is 1. The summed E-state index contributed by atoms with van der Waals surface area (Å²) in [5.74, 6) is -0.302. The van der Waals surface area contributed by atoms with Crippen LogP contribution in [0.25, 0.3) is 0 Å². The van der Waals surface area contributed by atoms with Crippen molar-refractivity contribution in [3.8, 4) is 0 Å². The first-order chi connectivity index (χ1) is 10.6. The highest BCUT2D eigenvalue weighted by molar-refractivity contribution is 5.98. The topological polar surface area (TPSA) is 78.4 Å². The van der Waals surface area contributed by atoms with Crippen LogP contribution in [-0.4, -0.2) is 35.1 Å². The lowest BCUT2D eigenvalue weighted by Crippen LogP contribution is -2.40. The predicted octanol–water partition coefficient (Wildman–Crippen LogP) is 1.61. The van der Waals surface area contributed by atoms with E-state index in [1.807, 2.05) is 0 Å². The molecule has 0 aliphatic heterocycles. The molecule has 0 saturated heterocycles. The Bertz CT molecular complexity index is 558. The summed E-state index contributed by atoms with van der Waals surface area (Å²) in [5.41, 5.74) is 0.321. The second-order valence-corrected chi connectivity index (χ2v) is 6.44. The summed E-state index contributed by atoms with van der Waals surface area (Å²) < 4.78 is 0. The van der Waals surface area contributed by atoms with Crippen LogP contribution in [0.4, 0.5) is 0 Å². The fourth-order valence-corrected chi connectivity index (χ4v) is 2.83. The molecule has 3 N–H and O–H groups in total. The molecule has 5 heteroatoms. The van der Waals surface area contributed by atoms with E-state index in [4.69, 9.17) is 0 Å². The molecule has 2 fully saturated rings. The molecule has 0 spiro atoms. The van der Waals surface area contributed by atoms with Crippen molar-refractivity contribution in [2.24, 2.45) is 0 Å². The molecule has 2 aliphatic rings. The molecule has 0 radical (unpaired) electrons. The van der Waals surface area contributed by atoms with Crippen LogP contribution in [0.1, 0.15) is 59.2 Å². The fourth-order valence-electron chi connectivity index (χ4n) is 2.83. The highest BCUT2D eigenvalue weighted by atomic mass is 16.3. The maximum Gasteiger partial charge on any atom is 0.251 e. The van der Waals surface area contributed by atoms with Gasteiger partial charge in [-0.2, -0.15) is 0 Å². The fraction of sp³-hybridized carbons (Fsp3) is 0.529. The third-order valence-corrected chi connectivity index (χ3v) is 4.43. The number of carbonyl (C=O) groups excluding carboxylic acids is 2. The van der Waals surface area contributed by atoms with Crippen molar-refractivity contribution in [2.75, 3.05) is 6.54 Å². The summed E-state index contributed by atoms with van der Waals surface area (Å²) in [4.78, 5) is 24.0. The lowest BCUT2D eigenvalue weighted by molar-refractivity contribution is 0.0449. The van der Waals surface area contributed by atoms with Crippen LogP contribution in [0, 0.1) is 0 Å². The van der Waals surface area contributed by atoms with Gasteiger partial charge in [0.1, 0.15) is 0 Å². The van der Waals surface area contributed by atoms with Crippen molar-refractivity contribution >= 4 is 11.8 Å². The van der Waals surface area contributed by atoms with E-state index in [0.29, 0.717) is 17.2 Å². The highest BCUT2D eigenvalue weighted by Crippen LogP contribution is 2.28. The maximum atomic E-state index is 12.1. The molecule has 3 rings (SSSR count). The minimum Gasteiger partial charge on any atom is -0.388 e. The van der Waals surface area contributed by atoms with Gasteiger partial charge < -0.3 is 15.7 Å². The number of nitrogens with one attached hydrogen (secondary N) is 2. The van der Waals surface area contributed by atoms with Crippen molar-refractivity contribution in [2.45, 2.75) is 50.2 Å². The average molecular weight is 302 g/mol. The molecule has 1 aromatic rings. The van der Waals surface area contributed by atoms with Crippen molar-refractivity contribution < 1.29 is 14.7 Å². The zero-order chi connectivity index (χ0) is 15.6. The van der Waals surface area contributed by atoms with Gasteiger partial charge in [-0.3, -0.25) is 9.59 Å².